The van der Waals surface area contributed by atoms with Crippen molar-refractivity contribution in [2.75, 3.05) is 7.05 Å². The normalized spacial score (nSPS) is 16.5. The largest absolute Gasteiger partial charge is 0.318 e. The third-order valence-electron chi connectivity index (χ3n) is 4.36. The second kappa shape index (κ2) is 6.32. The van der Waals surface area contributed by atoms with E-state index in [-0.39, 0.29) is 11.1 Å². The van der Waals surface area contributed by atoms with Gasteiger partial charge in [-0.3, -0.25) is 14.5 Å². The Morgan fingerprint density at radius 2 is 1.88 bits per heavy atom. The van der Waals surface area contributed by atoms with Crippen LogP contribution in [0.3, 0.4) is 0 Å². The van der Waals surface area contributed by atoms with Crippen molar-refractivity contribution < 1.29 is 9.59 Å². The number of benzene rings is 1. The van der Waals surface area contributed by atoms with E-state index in [0.29, 0.717) is 4.91 Å². The molecule has 3 rings (SSSR count). The quantitative estimate of drug-likeness (QED) is 0.781. The molecule has 1 saturated heterocycles. The summed E-state index contributed by atoms with van der Waals surface area (Å²) in [4.78, 5) is 25.4. The Morgan fingerprint density at radius 1 is 1.17 bits per heavy atom. The summed E-state index contributed by atoms with van der Waals surface area (Å²) in [5, 5.41) is -0.226. The van der Waals surface area contributed by atoms with Gasteiger partial charge < -0.3 is 4.57 Å². The fraction of sp³-hybridized carbons (Fsp3) is 0.263. The molecule has 0 N–H and O–H groups in total. The molecule has 1 aromatic carbocycles. The number of para-hydroxylation sites is 1. The zero-order valence-electron chi connectivity index (χ0n) is 14.3. The van der Waals surface area contributed by atoms with E-state index in [2.05, 4.69) is 42.7 Å². The van der Waals surface area contributed by atoms with Crippen LogP contribution < -0.4 is 0 Å². The van der Waals surface area contributed by atoms with Crippen LogP contribution in [-0.2, 0) is 11.2 Å². The number of amides is 2. The summed E-state index contributed by atoms with van der Waals surface area (Å²) < 4.78 is 2.21. The minimum Gasteiger partial charge on any atom is -0.318 e. The van der Waals surface area contributed by atoms with Crippen molar-refractivity contribution in [3.63, 3.8) is 0 Å². The second-order valence-electron chi connectivity index (χ2n) is 5.88. The number of carbonyl (C=O) groups excluding carboxylic acids is 2. The van der Waals surface area contributed by atoms with E-state index < -0.39 is 0 Å². The topological polar surface area (TPSA) is 42.3 Å². The van der Waals surface area contributed by atoms with Crippen molar-refractivity contribution in [3.05, 3.63) is 57.8 Å². The molecule has 2 amide bonds. The van der Waals surface area contributed by atoms with Crippen LogP contribution >= 0.6 is 11.8 Å². The number of thioether (sulfide) groups is 1. The summed E-state index contributed by atoms with van der Waals surface area (Å²) in [5.41, 5.74) is 5.59. The molecule has 4 nitrogen and oxygen atoms in total. The van der Waals surface area contributed by atoms with Crippen molar-refractivity contribution in [3.8, 4) is 5.69 Å². The van der Waals surface area contributed by atoms with E-state index in [9.17, 15) is 9.59 Å². The van der Waals surface area contributed by atoms with Gasteiger partial charge in [0.05, 0.1) is 4.91 Å². The number of hydrogen-bond donors (Lipinski definition) is 0. The zero-order chi connectivity index (χ0) is 17.4. The highest BCUT2D eigenvalue weighted by Crippen LogP contribution is 2.33. The number of aryl methyl sites for hydroxylation is 2. The lowest BCUT2D eigenvalue weighted by Crippen LogP contribution is -2.22. The van der Waals surface area contributed by atoms with Gasteiger partial charge in [0.25, 0.3) is 11.1 Å². The van der Waals surface area contributed by atoms with E-state index in [1.165, 1.54) is 18.3 Å². The first kappa shape index (κ1) is 16.6. The molecule has 0 atom stereocenters. The van der Waals surface area contributed by atoms with Gasteiger partial charge in [-0.05, 0) is 61.4 Å². The Labute approximate surface area is 146 Å². The van der Waals surface area contributed by atoms with Crippen LogP contribution in [0.25, 0.3) is 11.8 Å². The monoisotopic (exact) mass is 340 g/mol. The highest BCUT2D eigenvalue weighted by molar-refractivity contribution is 8.18. The minimum atomic E-state index is -0.233. The third-order valence-corrected chi connectivity index (χ3v) is 5.32. The van der Waals surface area contributed by atoms with Gasteiger partial charge in [-0.25, -0.2) is 0 Å². The summed E-state index contributed by atoms with van der Waals surface area (Å²) in [7, 11) is 1.51. The number of aromatic nitrogens is 1. The van der Waals surface area contributed by atoms with Gasteiger partial charge in [-0.1, -0.05) is 25.1 Å². The summed E-state index contributed by atoms with van der Waals surface area (Å²) in [5.74, 6) is -0.233. The van der Waals surface area contributed by atoms with Crippen LogP contribution in [0.4, 0.5) is 4.79 Å². The van der Waals surface area contributed by atoms with Crippen LogP contribution in [0.1, 0.15) is 29.4 Å². The minimum absolute atomic E-state index is 0.226. The molecule has 5 heteroatoms. The molecule has 1 aromatic heterocycles. The molecule has 0 saturated carbocycles. The van der Waals surface area contributed by atoms with Gasteiger partial charge in [-0.15, -0.1) is 0 Å². The highest BCUT2D eigenvalue weighted by atomic mass is 32.2. The average molecular weight is 340 g/mol. The van der Waals surface area contributed by atoms with Crippen molar-refractivity contribution in [2.45, 2.75) is 27.2 Å². The van der Waals surface area contributed by atoms with E-state index >= 15 is 0 Å². The van der Waals surface area contributed by atoms with Crippen molar-refractivity contribution in [1.82, 2.24) is 9.47 Å². The van der Waals surface area contributed by atoms with Crippen LogP contribution in [0, 0.1) is 13.8 Å². The molecule has 24 heavy (non-hydrogen) atoms. The highest BCUT2D eigenvalue weighted by Gasteiger charge is 2.32. The summed E-state index contributed by atoms with van der Waals surface area (Å²) in [6.45, 7) is 6.25. The summed E-state index contributed by atoms with van der Waals surface area (Å²) >= 11 is 0.993. The summed E-state index contributed by atoms with van der Waals surface area (Å²) in [6, 6.07) is 10.4. The first-order chi connectivity index (χ1) is 11.4. The first-order valence-electron chi connectivity index (χ1n) is 7.92. The SMILES string of the molecule is CCc1ccccc1-n1c(C)cc(/C=C2\SC(=O)N(C)C2=O)c1C. The molecule has 0 spiro atoms. The standard InChI is InChI=1S/C19H20N2O2S/c1-5-14-8-6-7-9-16(14)21-12(2)10-15(13(21)3)11-17-18(22)20(4)19(23)24-17/h6-11H,5H2,1-4H3/b17-11-. The number of likely N-dealkylation sites (N-methyl/N-ethyl adjacent to an activating group) is 1. The summed E-state index contributed by atoms with van der Waals surface area (Å²) in [6.07, 6.45) is 2.78. The molecule has 2 heterocycles. The van der Waals surface area contributed by atoms with E-state index in [1.807, 2.05) is 19.1 Å². The van der Waals surface area contributed by atoms with Gasteiger partial charge in [0.2, 0.25) is 0 Å². The van der Waals surface area contributed by atoms with Gasteiger partial charge in [-0.2, -0.15) is 0 Å². The number of hydrogen-bond acceptors (Lipinski definition) is 3. The molecular weight excluding hydrogens is 320 g/mol. The van der Waals surface area contributed by atoms with Gasteiger partial charge in [0.1, 0.15) is 0 Å². The molecule has 1 aliphatic heterocycles. The smallest absolute Gasteiger partial charge is 0.293 e. The lowest BCUT2D eigenvalue weighted by Gasteiger charge is -2.14. The lowest BCUT2D eigenvalue weighted by atomic mass is 10.1. The Bertz CT molecular complexity index is 864. The Balaban J connectivity index is 2.08. The maximum atomic E-state index is 12.1. The molecule has 1 fully saturated rings. The predicted octanol–water partition coefficient (Wildman–Crippen LogP) is 4.32. The Hall–Kier alpha value is -2.27. The average Bonchev–Trinajstić information content (AvgIpc) is 2.98. The van der Waals surface area contributed by atoms with Crippen molar-refractivity contribution >= 4 is 29.0 Å². The number of imide groups is 1. The molecule has 0 unspecified atom stereocenters. The second-order valence-corrected chi connectivity index (χ2v) is 6.88. The lowest BCUT2D eigenvalue weighted by molar-refractivity contribution is -0.121. The third kappa shape index (κ3) is 2.69. The van der Waals surface area contributed by atoms with Gasteiger partial charge in [0.15, 0.2) is 0 Å². The Kier molecular flexibility index (Phi) is 4.37. The maximum absolute atomic E-state index is 12.1. The van der Waals surface area contributed by atoms with E-state index in [1.54, 1.807) is 0 Å². The van der Waals surface area contributed by atoms with Crippen LogP contribution in [-0.4, -0.2) is 27.7 Å². The fourth-order valence-electron chi connectivity index (χ4n) is 3.02. The van der Waals surface area contributed by atoms with Crippen LogP contribution in [0.15, 0.2) is 35.2 Å². The Morgan fingerprint density at radius 3 is 2.50 bits per heavy atom. The van der Waals surface area contributed by atoms with E-state index in [0.717, 1.165) is 40.0 Å². The maximum Gasteiger partial charge on any atom is 0.293 e. The van der Waals surface area contributed by atoms with E-state index in [4.69, 9.17) is 0 Å². The fourth-order valence-corrected chi connectivity index (χ4v) is 3.84. The zero-order valence-corrected chi connectivity index (χ0v) is 15.1. The molecular formula is C19H20N2O2S. The van der Waals surface area contributed by atoms with Crippen LogP contribution in [0.5, 0.6) is 0 Å². The van der Waals surface area contributed by atoms with Crippen molar-refractivity contribution in [1.29, 1.82) is 0 Å². The van der Waals surface area contributed by atoms with Crippen molar-refractivity contribution in [2.24, 2.45) is 0 Å². The van der Waals surface area contributed by atoms with Gasteiger partial charge in [0, 0.05) is 24.1 Å². The molecule has 1 aliphatic rings. The number of carbonyl (C=O) groups is 2. The first-order valence-corrected chi connectivity index (χ1v) is 8.74. The van der Waals surface area contributed by atoms with Crippen LogP contribution in [0.2, 0.25) is 0 Å². The molecule has 0 aliphatic carbocycles. The molecule has 0 radical (unpaired) electrons. The van der Waals surface area contributed by atoms with Gasteiger partial charge >= 0.3 is 0 Å². The number of nitrogens with zero attached hydrogens (tertiary/aromatic N) is 2. The molecule has 0 bridgehead atoms. The molecule has 2 aromatic rings. The number of rotatable bonds is 3. The predicted molar refractivity (Wildman–Crippen MR) is 98.4 cm³/mol. The molecule has 124 valence electrons.